The predicted molar refractivity (Wildman–Crippen MR) is 115 cm³/mol. The molecule has 0 saturated carbocycles. The number of imidazole rings is 1. The minimum atomic E-state index is -3.47. The monoisotopic (exact) mass is 421 g/mol. The van der Waals surface area contributed by atoms with Crippen molar-refractivity contribution in [3.05, 3.63) is 67.3 Å². The summed E-state index contributed by atoms with van der Waals surface area (Å²) in [7, 11) is -3.47. The highest BCUT2D eigenvalue weighted by atomic mass is 32.2. The van der Waals surface area contributed by atoms with Crippen molar-refractivity contribution in [3.8, 4) is 11.1 Å². The lowest BCUT2D eigenvalue weighted by Gasteiger charge is -2.21. The van der Waals surface area contributed by atoms with Crippen molar-refractivity contribution in [3.63, 3.8) is 0 Å². The maximum absolute atomic E-state index is 13.1. The van der Waals surface area contributed by atoms with E-state index in [1.54, 1.807) is 34.8 Å². The summed E-state index contributed by atoms with van der Waals surface area (Å²) >= 11 is 0. The summed E-state index contributed by atoms with van der Waals surface area (Å²) in [4.78, 5) is 4.92. The average Bonchev–Trinajstić information content (AvgIpc) is 3.49. The smallest absolute Gasteiger partial charge is 0.243 e. The van der Waals surface area contributed by atoms with Gasteiger partial charge in [0.25, 0.3) is 0 Å². The van der Waals surface area contributed by atoms with Gasteiger partial charge >= 0.3 is 0 Å². The highest BCUT2D eigenvalue weighted by molar-refractivity contribution is 7.89. The SMILES string of the molecule is C[C@@H]1CC(Cn2cnc3cc(-c4cn[nH]c4)ccc32)CN1S(=O)(=O)c1ccccc1. The Labute approximate surface area is 175 Å². The van der Waals surface area contributed by atoms with Gasteiger partial charge in [0.1, 0.15) is 0 Å². The summed E-state index contributed by atoms with van der Waals surface area (Å²) < 4.78 is 29.9. The fourth-order valence-corrected chi connectivity index (χ4v) is 6.12. The van der Waals surface area contributed by atoms with Crippen LogP contribution >= 0.6 is 0 Å². The molecule has 2 aromatic heterocycles. The quantitative estimate of drug-likeness (QED) is 0.534. The van der Waals surface area contributed by atoms with Crippen LogP contribution in [0.25, 0.3) is 22.2 Å². The summed E-state index contributed by atoms with van der Waals surface area (Å²) in [5.74, 6) is 0.240. The molecule has 0 aliphatic carbocycles. The number of aromatic amines is 1. The molecule has 8 heteroatoms. The second kappa shape index (κ2) is 7.37. The Morgan fingerprint density at radius 1 is 1.13 bits per heavy atom. The number of benzene rings is 2. The number of H-pyrrole nitrogens is 1. The Kier molecular flexibility index (Phi) is 4.67. The van der Waals surface area contributed by atoms with Crippen LogP contribution in [-0.2, 0) is 16.6 Å². The molecule has 7 nitrogen and oxygen atoms in total. The zero-order chi connectivity index (χ0) is 20.7. The van der Waals surface area contributed by atoms with Crippen LogP contribution in [-0.4, -0.2) is 45.1 Å². The second-order valence-electron chi connectivity index (χ2n) is 7.93. The van der Waals surface area contributed by atoms with E-state index in [1.165, 1.54) is 0 Å². The second-order valence-corrected chi connectivity index (χ2v) is 9.82. The minimum Gasteiger partial charge on any atom is -0.330 e. The van der Waals surface area contributed by atoms with Gasteiger partial charge in [-0.1, -0.05) is 24.3 Å². The van der Waals surface area contributed by atoms with E-state index in [-0.39, 0.29) is 12.0 Å². The molecule has 4 aromatic rings. The average molecular weight is 422 g/mol. The number of rotatable bonds is 5. The molecule has 1 aliphatic heterocycles. The molecule has 0 amide bonds. The van der Waals surface area contributed by atoms with Gasteiger partial charge < -0.3 is 4.57 Å². The van der Waals surface area contributed by atoms with Crippen LogP contribution in [0.5, 0.6) is 0 Å². The van der Waals surface area contributed by atoms with Crippen LogP contribution in [0.1, 0.15) is 13.3 Å². The topological polar surface area (TPSA) is 83.9 Å². The van der Waals surface area contributed by atoms with Crippen molar-refractivity contribution in [2.45, 2.75) is 30.8 Å². The van der Waals surface area contributed by atoms with E-state index in [2.05, 4.69) is 37.9 Å². The van der Waals surface area contributed by atoms with Crippen molar-refractivity contribution in [2.24, 2.45) is 5.92 Å². The number of hydrogen-bond acceptors (Lipinski definition) is 4. The molecule has 3 heterocycles. The molecule has 1 unspecified atom stereocenters. The first-order valence-electron chi connectivity index (χ1n) is 10.0. The minimum absolute atomic E-state index is 0.0253. The first-order valence-corrected chi connectivity index (χ1v) is 11.5. The molecule has 154 valence electrons. The van der Waals surface area contributed by atoms with E-state index in [4.69, 9.17) is 0 Å². The molecule has 1 saturated heterocycles. The van der Waals surface area contributed by atoms with E-state index in [1.807, 2.05) is 25.5 Å². The lowest BCUT2D eigenvalue weighted by molar-refractivity contribution is 0.399. The Morgan fingerprint density at radius 2 is 1.97 bits per heavy atom. The number of sulfonamides is 1. The highest BCUT2D eigenvalue weighted by Crippen LogP contribution is 2.31. The lowest BCUT2D eigenvalue weighted by atomic mass is 10.1. The number of aromatic nitrogens is 4. The van der Waals surface area contributed by atoms with Gasteiger partial charge in [0.2, 0.25) is 10.0 Å². The summed E-state index contributed by atoms with van der Waals surface area (Å²) in [5, 5.41) is 6.84. The molecule has 0 spiro atoms. The number of nitrogens with one attached hydrogen (secondary N) is 1. The van der Waals surface area contributed by atoms with E-state index < -0.39 is 10.0 Å². The summed E-state index contributed by atoms with van der Waals surface area (Å²) in [6.45, 7) is 3.25. The summed E-state index contributed by atoms with van der Waals surface area (Å²) in [6.07, 6.45) is 6.33. The number of nitrogens with zero attached hydrogens (tertiary/aromatic N) is 4. The number of fused-ring (bicyclic) bond motifs is 1. The maximum atomic E-state index is 13.1. The fraction of sp³-hybridized carbons (Fsp3) is 0.273. The van der Waals surface area contributed by atoms with Crippen molar-refractivity contribution < 1.29 is 8.42 Å². The van der Waals surface area contributed by atoms with Crippen LogP contribution in [0.2, 0.25) is 0 Å². The van der Waals surface area contributed by atoms with Crippen molar-refractivity contribution in [1.29, 1.82) is 0 Å². The Bertz CT molecular complexity index is 1270. The van der Waals surface area contributed by atoms with E-state index in [9.17, 15) is 8.42 Å². The molecular formula is C22H23N5O2S. The third-order valence-corrected chi connectivity index (χ3v) is 7.86. The van der Waals surface area contributed by atoms with E-state index >= 15 is 0 Å². The van der Waals surface area contributed by atoms with Crippen molar-refractivity contribution in [1.82, 2.24) is 24.1 Å². The first kappa shape index (κ1) is 19.0. The molecule has 0 radical (unpaired) electrons. The molecule has 30 heavy (non-hydrogen) atoms. The van der Waals surface area contributed by atoms with Crippen molar-refractivity contribution in [2.75, 3.05) is 6.54 Å². The molecule has 0 bridgehead atoms. The fourth-order valence-electron chi connectivity index (χ4n) is 4.38. The standard InChI is InChI=1S/C22H23N5O2S/c1-16-9-17(14-27(16)30(28,29)20-5-3-2-4-6-20)13-26-15-23-21-10-18(7-8-22(21)26)19-11-24-25-12-19/h2-8,10-12,15-17H,9,13-14H2,1H3,(H,24,25)/t16-,17?/m1/s1. The molecular weight excluding hydrogens is 398 g/mol. The molecule has 2 aromatic carbocycles. The van der Waals surface area contributed by atoms with Crippen LogP contribution in [0.15, 0.2) is 72.1 Å². The van der Waals surface area contributed by atoms with Gasteiger partial charge in [-0.3, -0.25) is 5.10 Å². The van der Waals surface area contributed by atoms with Crippen LogP contribution in [0, 0.1) is 5.92 Å². The van der Waals surface area contributed by atoms with Gasteiger partial charge in [0, 0.05) is 30.9 Å². The van der Waals surface area contributed by atoms with Crippen LogP contribution in [0.4, 0.5) is 0 Å². The van der Waals surface area contributed by atoms with E-state index in [0.717, 1.165) is 35.1 Å². The normalized spacial score (nSPS) is 20.2. The summed E-state index contributed by atoms with van der Waals surface area (Å²) in [6, 6.07) is 14.9. The molecule has 5 rings (SSSR count). The third-order valence-electron chi connectivity index (χ3n) is 5.86. The van der Waals surface area contributed by atoms with Crippen LogP contribution in [0.3, 0.4) is 0 Å². The zero-order valence-corrected chi connectivity index (χ0v) is 17.5. The zero-order valence-electron chi connectivity index (χ0n) is 16.6. The van der Waals surface area contributed by atoms with Crippen LogP contribution < -0.4 is 0 Å². The van der Waals surface area contributed by atoms with Gasteiger partial charge in [0.05, 0.1) is 28.5 Å². The van der Waals surface area contributed by atoms with Gasteiger partial charge in [-0.25, -0.2) is 13.4 Å². The Morgan fingerprint density at radius 3 is 2.73 bits per heavy atom. The maximum Gasteiger partial charge on any atom is 0.243 e. The largest absolute Gasteiger partial charge is 0.330 e. The Hall–Kier alpha value is -2.97. The highest BCUT2D eigenvalue weighted by Gasteiger charge is 2.37. The molecule has 1 fully saturated rings. The van der Waals surface area contributed by atoms with Gasteiger partial charge in [-0.2, -0.15) is 9.40 Å². The van der Waals surface area contributed by atoms with Crippen molar-refractivity contribution >= 4 is 21.1 Å². The first-order chi connectivity index (χ1) is 14.5. The van der Waals surface area contributed by atoms with Gasteiger partial charge in [0.15, 0.2) is 0 Å². The molecule has 2 atom stereocenters. The molecule has 1 aliphatic rings. The number of hydrogen-bond donors (Lipinski definition) is 1. The predicted octanol–water partition coefficient (Wildman–Crippen LogP) is 3.53. The molecule has 1 N–H and O–H groups in total. The Balaban J connectivity index is 1.36. The van der Waals surface area contributed by atoms with Gasteiger partial charge in [-0.05, 0) is 49.1 Å². The van der Waals surface area contributed by atoms with E-state index in [0.29, 0.717) is 11.4 Å². The van der Waals surface area contributed by atoms with Gasteiger partial charge in [-0.15, -0.1) is 0 Å². The third kappa shape index (κ3) is 3.32. The summed E-state index contributed by atoms with van der Waals surface area (Å²) in [5.41, 5.74) is 4.07. The lowest BCUT2D eigenvalue weighted by Crippen LogP contribution is -2.34.